The molecule has 2 heterocycles. The largest absolute Gasteiger partial charge is 0.338 e. The van der Waals surface area contributed by atoms with Gasteiger partial charge < -0.3 is 4.90 Å². The van der Waals surface area contributed by atoms with Crippen LogP contribution in [0, 0.1) is 13.8 Å². The molecule has 1 aromatic heterocycles. The van der Waals surface area contributed by atoms with Crippen LogP contribution in [0.4, 0.5) is 0 Å². The van der Waals surface area contributed by atoms with E-state index in [4.69, 9.17) is 9.97 Å². The van der Waals surface area contributed by atoms with Crippen molar-refractivity contribution >= 4 is 5.91 Å². The van der Waals surface area contributed by atoms with Gasteiger partial charge in [0.15, 0.2) is 5.82 Å². The SMILES string of the molecule is Cc1nc(C)nc(C(C)(C)N(CCN2CC(C)(C)N(C)C(C)(C)C2=O)C2CCCCC2)n1. The second-order valence-electron chi connectivity index (χ2n) is 11.5. The van der Waals surface area contributed by atoms with Gasteiger partial charge in [-0.3, -0.25) is 14.6 Å². The summed E-state index contributed by atoms with van der Waals surface area (Å²) in [6, 6.07) is 0.486. The maximum absolute atomic E-state index is 13.4. The van der Waals surface area contributed by atoms with Crippen LogP contribution in [0.1, 0.15) is 91.1 Å². The number of aromatic nitrogens is 3. The summed E-state index contributed by atoms with van der Waals surface area (Å²) >= 11 is 0. The van der Waals surface area contributed by atoms with Crippen molar-refractivity contribution in [3.63, 3.8) is 0 Å². The Morgan fingerprint density at radius 2 is 1.56 bits per heavy atom. The third-order valence-corrected chi connectivity index (χ3v) is 7.89. The second-order valence-corrected chi connectivity index (χ2v) is 11.5. The summed E-state index contributed by atoms with van der Waals surface area (Å²) in [7, 11) is 2.07. The minimum absolute atomic E-state index is 0.0645. The van der Waals surface area contributed by atoms with Crippen molar-refractivity contribution in [2.45, 2.75) is 110 Å². The zero-order valence-corrected chi connectivity index (χ0v) is 21.8. The van der Waals surface area contributed by atoms with Gasteiger partial charge in [-0.25, -0.2) is 15.0 Å². The Kier molecular flexibility index (Phi) is 7.02. The summed E-state index contributed by atoms with van der Waals surface area (Å²) in [5.74, 6) is 2.58. The molecule has 3 rings (SSSR count). The van der Waals surface area contributed by atoms with E-state index in [1.54, 1.807) is 0 Å². The van der Waals surface area contributed by atoms with E-state index in [-0.39, 0.29) is 17.0 Å². The fraction of sp³-hybridized carbons (Fsp3) is 0.840. The first-order valence-corrected chi connectivity index (χ1v) is 12.3. The zero-order chi connectivity index (χ0) is 23.9. The van der Waals surface area contributed by atoms with Crippen molar-refractivity contribution in [2.24, 2.45) is 0 Å². The molecule has 1 saturated carbocycles. The van der Waals surface area contributed by atoms with Gasteiger partial charge in [0.05, 0.1) is 11.1 Å². The molecule has 1 aliphatic heterocycles. The van der Waals surface area contributed by atoms with Gasteiger partial charge in [-0.05, 0) is 75.3 Å². The van der Waals surface area contributed by atoms with Gasteiger partial charge in [0.2, 0.25) is 5.91 Å². The van der Waals surface area contributed by atoms with Gasteiger partial charge in [0.25, 0.3) is 0 Å². The van der Waals surface area contributed by atoms with Crippen LogP contribution in [0.5, 0.6) is 0 Å². The Labute approximate surface area is 195 Å². The van der Waals surface area contributed by atoms with Gasteiger partial charge >= 0.3 is 0 Å². The van der Waals surface area contributed by atoms with Crippen molar-refractivity contribution in [2.75, 3.05) is 26.7 Å². The molecule has 0 bridgehead atoms. The molecular formula is C25H44N6O. The van der Waals surface area contributed by atoms with Crippen LogP contribution in [0.25, 0.3) is 0 Å². The maximum Gasteiger partial charge on any atom is 0.242 e. The number of aryl methyl sites for hydroxylation is 2. The van der Waals surface area contributed by atoms with E-state index in [2.05, 4.69) is 54.4 Å². The number of piperazine rings is 1. The number of carbonyl (C=O) groups excluding carboxylic acids is 1. The van der Waals surface area contributed by atoms with Gasteiger partial charge in [-0.1, -0.05) is 19.3 Å². The Balaban J connectivity index is 1.87. The molecule has 7 heteroatoms. The molecule has 2 aliphatic rings. The smallest absolute Gasteiger partial charge is 0.242 e. The highest BCUT2D eigenvalue weighted by Gasteiger charge is 2.48. The molecule has 1 aromatic rings. The molecule has 0 radical (unpaired) electrons. The highest BCUT2D eigenvalue weighted by atomic mass is 16.2. The summed E-state index contributed by atoms with van der Waals surface area (Å²) in [4.78, 5) is 34.1. The van der Waals surface area contributed by atoms with Crippen LogP contribution in [0.2, 0.25) is 0 Å². The van der Waals surface area contributed by atoms with Gasteiger partial charge in [-0.2, -0.15) is 0 Å². The lowest BCUT2D eigenvalue weighted by atomic mass is 9.87. The Bertz CT molecular complexity index is 807. The summed E-state index contributed by atoms with van der Waals surface area (Å²) in [5.41, 5.74) is -0.901. The van der Waals surface area contributed by atoms with Crippen molar-refractivity contribution in [1.29, 1.82) is 0 Å². The molecule has 180 valence electrons. The number of rotatable bonds is 6. The highest BCUT2D eigenvalue weighted by molar-refractivity contribution is 5.86. The van der Waals surface area contributed by atoms with E-state index in [0.29, 0.717) is 6.04 Å². The zero-order valence-electron chi connectivity index (χ0n) is 21.8. The molecule has 0 aromatic carbocycles. The highest BCUT2D eigenvalue weighted by Crippen LogP contribution is 2.35. The van der Waals surface area contributed by atoms with Crippen molar-refractivity contribution in [3.8, 4) is 0 Å². The van der Waals surface area contributed by atoms with Crippen molar-refractivity contribution in [1.82, 2.24) is 29.7 Å². The number of hydrogen-bond acceptors (Lipinski definition) is 6. The summed E-state index contributed by atoms with van der Waals surface area (Å²) in [6.07, 6.45) is 6.23. The molecule has 2 fully saturated rings. The van der Waals surface area contributed by atoms with Crippen LogP contribution in [-0.4, -0.2) is 79.4 Å². The lowest BCUT2D eigenvalue weighted by Gasteiger charge is -2.54. The first-order valence-electron chi connectivity index (χ1n) is 12.3. The standard InChI is InChI=1S/C25H44N6O/c1-18-26-19(2)28-21(27-18)24(5,6)31(20-13-11-10-12-14-20)16-15-30-17-23(3,4)29(9)25(7,8)22(30)32/h20H,10-17H2,1-9H3. The summed E-state index contributed by atoms with van der Waals surface area (Å²) in [5, 5.41) is 0. The summed E-state index contributed by atoms with van der Waals surface area (Å²) < 4.78 is 0. The topological polar surface area (TPSA) is 65.5 Å². The lowest BCUT2D eigenvalue weighted by molar-refractivity contribution is -0.158. The van der Waals surface area contributed by atoms with E-state index in [1.807, 2.05) is 27.7 Å². The first kappa shape index (κ1) is 25.0. The molecule has 0 atom stereocenters. The minimum Gasteiger partial charge on any atom is -0.338 e. The Hall–Kier alpha value is -1.60. The third kappa shape index (κ3) is 4.84. The lowest BCUT2D eigenvalue weighted by Crippen LogP contribution is -2.70. The van der Waals surface area contributed by atoms with Gasteiger partial charge in [0.1, 0.15) is 11.6 Å². The third-order valence-electron chi connectivity index (χ3n) is 7.89. The van der Waals surface area contributed by atoms with E-state index >= 15 is 0 Å². The molecule has 1 aliphatic carbocycles. The normalized spacial score (nSPS) is 22.6. The van der Waals surface area contributed by atoms with E-state index in [1.165, 1.54) is 32.1 Å². The van der Waals surface area contributed by atoms with Crippen LogP contribution in [-0.2, 0) is 10.3 Å². The van der Waals surface area contributed by atoms with Crippen LogP contribution < -0.4 is 0 Å². The number of likely N-dealkylation sites (N-methyl/N-ethyl adjacent to an activating group) is 1. The fourth-order valence-corrected chi connectivity index (χ4v) is 5.67. The first-order chi connectivity index (χ1) is 14.8. The molecule has 1 amide bonds. The predicted molar refractivity (Wildman–Crippen MR) is 128 cm³/mol. The molecule has 32 heavy (non-hydrogen) atoms. The predicted octanol–water partition coefficient (Wildman–Crippen LogP) is 3.69. The molecule has 0 spiro atoms. The van der Waals surface area contributed by atoms with Gasteiger partial charge in [0, 0.05) is 31.2 Å². The van der Waals surface area contributed by atoms with Crippen LogP contribution in [0.15, 0.2) is 0 Å². The number of hydrogen-bond donors (Lipinski definition) is 0. The van der Waals surface area contributed by atoms with Crippen molar-refractivity contribution < 1.29 is 4.79 Å². The number of amides is 1. The van der Waals surface area contributed by atoms with E-state index in [9.17, 15) is 4.79 Å². The number of carbonyl (C=O) groups is 1. The minimum atomic E-state index is -0.505. The average molecular weight is 445 g/mol. The maximum atomic E-state index is 13.4. The molecule has 0 unspecified atom stereocenters. The Morgan fingerprint density at radius 3 is 2.12 bits per heavy atom. The van der Waals surface area contributed by atoms with Crippen LogP contribution in [0.3, 0.4) is 0 Å². The molecule has 7 nitrogen and oxygen atoms in total. The quantitative estimate of drug-likeness (QED) is 0.667. The van der Waals surface area contributed by atoms with Gasteiger partial charge in [-0.15, -0.1) is 0 Å². The monoisotopic (exact) mass is 444 g/mol. The van der Waals surface area contributed by atoms with Crippen molar-refractivity contribution in [3.05, 3.63) is 17.5 Å². The number of nitrogens with zero attached hydrogens (tertiary/aromatic N) is 6. The molecular weight excluding hydrogens is 400 g/mol. The van der Waals surface area contributed by atoms with E-state index in [0.717, 1.165) is 37.1 Å². The fourth-order valence-electron chi connectivity index (χ4n) is 5.67. The molecule has 1 saturated heterocycles. The van der Waals surface area contributed by atoms with Crippen LogP contribution >= 0.6 is 0 Å². The average Bonchev–Trinajstić information content (AvgIpc) is 2.71. The summed E-state index contributed by atoms with van der Waals surface area (Å²) in [6.45, 7) is 19.2. The van der Waals surface area contributed by atoms with E-state index < -0.39 is 5.54 Å². The Morgan fingerprint density at radius 1 is 1.00 bits per heavy atom. The second kappa shape index (κ2) is 8.98. The molecule has 0 N–H and O–H groups in total.